The van der Waals surface area contributed by atoms with Crippen molar-refractivity contribution in [3.05, 3.63) is 53.9 Å². The molecule has 1 unspecified atom stereocenters. The summed E-state index contributed by atoms with van der Waals surface area (Å²) in [5.74, 6) is 0.598. The summed E-state index contributed by atoms with van der Waals surface area (Å²) in [6, 6.07) is 11.2. The van der Waals surface area contributed by atoms with E-state index in [1.54, 1.807) is 12.3 Å². The lowest BCUT2D eigenvalue weighted by molar-refractivity contribution is 0.134. The normalized spacial score (nSPS) is 15.1. The molecule has 1 saturated carbocycles. The molecule has 0 saturated heterocycles. The number of hydrogen-bond donors (Lipinski definition) is 2. The van der Waals surface area contributed by atoms with Crippen LogP contribution in [-0.4, -0.2) is 16.1 Å². The van der Waals surface area contributed by atoms with Gasteiger partial charge in [0, 0.05) is 6.20 Å². The first-order valence-electron chi connectivity index (χ1n) is 7.28. The van der Waals surface area contributed by atoms with Crippen LogP contribution in [0.5, 0.6) is 0 Å². The smallest absolute Gasteiger partial charge is 0.408 e. The van der Waals surface area contributed by atoms with Crippen molar-refractivity contribution in [2.75, 3.05) is 5.73 Å². The van der Waals surface area contributed by atoms with E-state index in [0.29, 0.717) is 5.92 Å². The molecule has 3 N–H and O–H groups in total. The summed E-state index contributed by atoms with van der Waals surface area (Å²) >= 11 is 0. The Labute approximate surface area is 128 Å². The maximum absolute atomic E-state index is 12.0. The van der Waals surface area contributed by atoms with Gasteiger partial charge in [0.15, 0.2) is 0 Å². The van der Waals surface area contributed by atoms with E-state index in [0.717, 1.165) is 24.1 Å². The third kappa shape index (κ3) is 3.72. The van der Waals surface area contributed by atoms with Crippen molar-refractivity contribution in [1.29, 1.82) is 0 Å². The Balaban J connectivity index is 1.60. The second kappa shape index (κ2) is 6.43. The molecule has 1 aliphatic rings. The molecule has 22 heavy (non-hydrogen) atoms. The minimum atomic E-state index is -0.446. The summed E-state index contributed by atoms with van der Waals surface area (Å²) < 4.78 is 5.26. The molecular weight excluding hydrogens is 280 g/mol. The Morgan fingerprint density at radius 1 is 1.32 bits per heavy atom. The van der Waals surface area contributed by atoms with Gasteiger partial charge in [-0.05, 0) is 30.4 Å². The van der Waals surface area contributed by atoms with E-state index in [4.69, 9.17) is 10.5 Å². The van der Waals surface area contributed by atoms with Gasteiger partial charge in [0.05, 0.1) is 11.7 Å². The molecule has 1 atom stereocenters. The van der Waals surface area contributed by atoms with Crippen molar-refractivity contribution in [3.63, 3.8) is 0 Å². The van der Waals surface area contributed by atoms with Crippen LogP contribution in [0.15, 0.2) is 42.6 Å². The number of ether oxygens (including phenoxy) is 1. The number of nitrogens with zero attached hydrogens (tertiary/aromatic N) is 2. The lowest BCUT2D eigenvalue weighted by atomic mass is 10.1. The molecule has 1 aromatic carbocycles. The lowest BCUT2D eigenvalue weighted by Gasteiger charge is -2.17. The Hall–Kier alpha value is -2.63. The van der Waals surface area contributed by atoms with Gasteiger partial charge in [0.2, 0.25) is 5.95 Å². The van der Waals surface area contributed by atoms with Crippen molar-refractivity contribution < 1.29 is 9.53 Å². The SMILES string of the molecule is Nc1nccc(C(NC(=O)OCc2ccccc2)C2CC2)n1. The fraction of sp³-hybridized carbons (Fsp3) is 0.312. The van der Waals surface area contributed by atoms with Crippen LogP contribution >= 0.6 is 0 Å². The molecule has 1 amide bonds. The molecule has 6 heteroatoms. The molecule has 1 aromatic heterocycles. The largest absolute Gasteiger partial charge is 0.445 e. The van der Waals surface area contributed by atoms with Crippen LogP contribution in [0.3, 0.4) is 0 Å². The van der Waals surface area contributed by atoms with Gasteiger partial charge in [-0.15, -0.1) is 0 Å². The van der Waals surface area contributed by atoms with Gasteiger partial charge in [0.25, 0.3) is 0 Å². The van der Waals surface area contributed by atoms with E-state index in [1.807, 2.05) is 30.3 Å². The van der Waals surface area contributed by atoms with Crippen LogP contribution in [0.1, 0.15) is 30.1 Å². The zero-order valence-electron chi connectivity index (χ0n) is 12.1. The fourth-order valence-corrected chi connectivity index (χ4v) is 2.32. The zero-order chi connectivity index (χ0) is 15.4. The predicted molar refractivity (Wildman–Crippen MR) is 81.7 cm³/mol. The number of aromatic nitrogens is 2. The third-order valence-corrected chi connectivity index (χ3v) is 3.59. The summed E-state index contributed by atoms with van der Waals surface area (Å²) in [5.41, 5.74) is 7.30. The first kappa shape index (κ1) is 14.3. The topological polar surface area (TPSA) is 90.1 Å². The summed E-state index contributed by atoms with van der Waals surface area (Å²) in [7, 11) is 0. The van der Waals surface area contributed by atoms with Crippen LogP contribution in [0, 0.1) is 5.92 Å². The minimum Gasteiger partial charge on any atom is -0.445 e. The lowest BCUT2D eigenvalue weighted by Crippen LogP contribution is -2.31. The predicted octanol–water partition coefficient (Wildman–Crippen LogP) is 2.44. The van der Waals surface area contributed by atoms with Crippen molar-refractivity contribution in [3.8, 4) is 0 Å². The van der Waals surface area contributed by atoms with E-state index in [-0.39, 0.29) is 18.6 Å². The quantitative estimate of drug-likeness (QED) is 0.884. The molecule has 0 bridgehead atoms. The van der Waals surface area contributed by atoms with Gasteiger partial charge in [0.1, 0.15) is 6.61 Å². The van der Waals surface area contributed by atoms with Crippen LogP contribution in [0.25, 0.3) is 0 Å². The Kier molecular flexibility index (Phi) is 4.18. The highest BCUT2D eigenvalue weighted by atomic mass is 16.5. The van der Waals surface area contributed by atoms with Crippen molar-refractivity contribution in [2.24, 2.45) is 5.92 Å². The maximum atomic E-state index is 12.0. The number of benzene rings is 1. The van der Waals surface area contributed by atoms with Gasteiger partial charge < -0.3 is 15.8 Å². The molecule has 0 radical (unpaired) electrons. The molecule has 114 valence electrons. The van der Waals surface area contributed by atoms with Gasteiger partial charge in [-0.1, -0.05) is 30.3 Å². The summed E-state index contributed by atoms with van der Waals surface area (Å²) in [6.07, 6.45) is 3.28. The number of anilines is 1. The van der Waals surface area contributed by atoms with E-state index in [9.17, 15) is 4.79 Å². The number of carbonyl (C=O) groups excluding carboxylic acids is 1. The number of alkyl carbamates (subject to hydrolysis) is 1. The summed E-state index contributed by atoms with van der Waals surface area (Å²) in [5, 5.41) is 2.89. The Bertz CT molecular complexity index is 644. The Morgan fingerprint density at radius 2 is 2.09 bits per heavy atom. The average Bonchev–Trinajstić information content (AvgIpc) is 3.36. The summed E-state index contributed by atoms with van der Waals surface area (Å²) in [6.45, 7) is 0.246. The molecule has 3 rings (SSSR count). The molecule has 0 spiro atoms. The number of nitrogens with one attached hydrogen (secondary N) is 1. The molecule has 0 aliphatic heterocycles. The summed E-state index contributed by atoms with van der Waals surface area (Å²) in [4.78, 5) is 20.1. The second-order valence-corrected chi connectivity index (χ2v) is 5.36. The highest BCUT2D eigenvalue weighted by molar-refractivity contribution is 5.68. The van der Waals surface area contributed by atoms with Crippen LogP contribution < -0.4 is 11.1 Å². The number of amides is 1. The molecule has 1 heterocycles. The van der Waals surface area contributed by atoms with E-state index < -0.39 is 6.09 Å². The molecule has 1 fully saturated rings. The third-order valence-electron chi connectivity index (χ3n) is 3.59. The standard InChI is InChI=1S/C16H18N4O2/c17-15-18-9-8-13(19-15)14(12-6-7-12)20-16(21)22-10-11-4-2-1-3-5-11/h1-5,8-9,12,14H,6-7,10H2,(H,20,21)(H2,17,18,19). The first-order chi connectivity index (χ1) is 10.7. The molecule has 2 aromatic rings. The minimum absolute atomic E-state index is 0.173. The van der Waals surface area contributed by atoms with Crippen LogP contribution in [-0.2, 0) is 11.3 Å². The monoisotopic (exact) mass is 298 g/mol. The number of hydrogen-bond acceptors (Lipinski definition) is 5. The zero-order valence-corrected chi connectivity index (χ0v) is 12.1. The second-order valence-electron chi connectivity index (χ2n) is 5.36. The van der Waals surface area contributed by atoms with Crippen molar-refractivity contribution in [2.45, 2.75) is 25.5 Å². The van der Waals surface area contributed by atoms with E-state index in [1.165, 1.54) is 0 Å². The molecule has 6 nitrogen and oxygen atoms in total. The number of nitrogens with two attached hydrogens (primary N) is 1. The highest BCUT2D eigenvalue weighted by Crippen LogP contribution is 2.40. The number of rotatable bonds is 5. The Morgan fingerprint density at radius 3 is 2.77 bits per heavy atom. The van der Waals surface area contributed by atoms with Crippen molar-refractivity contribution >= 4 is 12.0 Å². The van der Waals surface area contributed by atoms with Gasteiger partial charge in [-0.2, -0.15) is 0 Å². The highest BCUT2D eigenvalue weighted by Gasteiger charge is 2.34. The number of nitrogen functional groups attached to an aromatic ring is 1. The van der Waals surface area contributed by atoms with Crippen LogP contribution in [0.4, 0.5) is 10.7 Å². The first-order valence-corrected chi connectivity index (χ1v) is 7.28. The van der Waals surface area contributed by atoms with Gasteiger partial charge >= 0.3 is 6.09 Å². The average molecular weight is 298 g/mol. The van der Waals surface area contributed by atoms with Gasteiger partial charge in [-0.25, -0.2) is 14.8 Å². The molecular formula is C16H18N4O2. The fourth-order valence-electron chi connectivity index (χ4n) is 2.32. The van der Waals surface area contributed by atoms with Crippen molar-refractivity contribution in [1.82, 2.24) is 15.3 Å². The van der Waals surface area contributed by atoms with E-state index >= 15 is 0 Å². The van der Waals surface area contributed by atoms with E-state index in [2.05, 4.69) is 15.3 Å². The molecule has 1 aliphatic carbocycles. The number of carbonyl (C=O) groups is 1. The maximum Gasteiger partial charge on any atom is 0.408 e. The van der Waals surface area contributed by atoms with Gasteiger partial charge in [-0.3, -0.25) is 0 Å². The van der Waals surface area contributed by atoms with Crippen LogP contribution in [0.2, 0.25) is 0 Å².